The van der Waals surface area contributed by atoms with Gasteiger partial charge in [-0.2, -0.15) is 5.10 Å². The van der Waals surface area contributed by atoms with Gasteiger partial charge in [-0.05, 0) is 34.1 Å². The molecule has 0 fully saturated rings. The van der Waals surface area contributed by atoms with Crippen molar-refractivity contribution in [1.29, 1.82) is 0 Å². The van der Waals surface area contributed by atoms with Crippen molar-refractivity contribution in [2.75, 3.05) is 6.54 Å². The fourth-order valence-electron chi connectivity index (χ4n) is 2.69. The molecule has 10 heteroatoms. The maximum atomic E-state index is 11.2. The normalized spacial score (nSPS) is 11.3. The Labute approximate surface area is 161 Å². The van der Waals surface area contributed by atoms with E-state index < -0.39 is 5.97 Å². The van der Waals surface area contributed by atoms with Gasteiger partial charge in [0.15, 0.2) is 11.4 Å². The third-order valence-electron chi connectivity index (χ3n) is 4.00. The van der Waals surface area contributed by atoms with E-state index in [1.165, 1.54) is 0 Å². The molecule has 0 saturated heterocycles. The molecule has 4 heterocycles. The van der Waals surface area contributed by atoms with E-state index in [2.05, 4.69) is 41.4 Å². The van der Waals surface area contributed by atoms with Crippen LogP contribution in [0.25, 0.3) is 17.2 Å². The van der Waals surface area contributed by atoms with Crippen molar-refractivity contribution in [2.24, 2.45) is 0 Å². The number of hydrogen-bond acceptors (Lipinski definition) is 6. The second kappa shape index (κ2) is 7.33. The number of carbonyl (C=O) groups is 1. The van der Waals surface area contributed by atoms with Crippen molar-refractivity contribution in [3.63, 3.8) is 0 Å². The van der Waals surface area contributed by atoms with Crippen LogP contribution in [0.3, 0.4) is 0 Å². The number of rotatable bonds is 7. The first-order valence-electron chi connectivity index (χ1n) is 8.16. The highest BCUT2D eigenvalue weighted by Crippen LogP contribution is 2.20. The van der Waals surface area contributed by atoms with Gasteiger partial charge in [-0.1, -0.05) is 0 Å². The summed E-state index contributed by atoms with van der Waals surface area (Å²) in [6, 6.07) is 5.14. The number of nitrogens with one attached hydrogen (secondary N) is 2. The van der Waals surface area contributed by atoms with E-state index in [0.29, 0.717) is 41.2 Å². The van der Waals surface area contributed by atoms with Gasteiger partial charge in [0, 0.05) is 25.7 Å². The van der Waals surface area contributed by atoms with Crippen LogP contribution in [0, 0.1) is 0 Å². The minimum Gasteiger partial charge on any atom is -0.478 e. The lowest BCUT2D eigenvalue weighted by Gasteiger charge is -2.06. The molecule has 0 bridgehead atoms. The summed E-state index contributed by atoms with van der Waals surface area (Å²) >= 11 is 3.37. The Balaban J connectivity index is 1.39. The first kappa shape index (κ1) is 17.4. The number of aromatic carboxylic acids is 1. The lowest BCUT2D eigenvalue weighted by atomic mass is 10.3. The topological polar surface area (TPSA) is 121 Å². The number of carboxylic acids is 1. The van der Waals surface area contributed by atoms with Crippen molar-refractivity contribution < 1.29 is 14.3 Å². The Kier molecular flexibility index (Phi) is 4.73. The van der Waals surface area contributed by atoms with Crippen LogP contribution in [0.5, 0.6) is 0 Å². The van der Waals surface area contributed by atoms with Crippen LogP contribution < -0.4 is 5.32 Å². The largest absolute Gasteiger partial charge is 0.478 e. The number of hydrogen-bond donors (Lipinski definition) is 3. The average molecular weight is 431 g/mol. The zero-order valence-electron chi connectivity index (χ0n) is 14.0. The van der Waals surface area contributed by atoms with Gasteiger partial charge in [-0.15, -0.1) is 0 Å². The van der Waals surface area contributed by atoms with Crippen LogP contribution in [0.4, 0.5) is 0 Å². The number of furan rings is 1. The molecule has 0 amide bonds. The maximum Gasteiger partial charge on any atom is 0.337 e. The molecule has 3 N–H and O–H groups in total. The molecular formula is C17H15BrN6O3. The lowest BCUT2D eigenvalue weighted by molar-refractivity contribution is 0.0696. The highest BCUT2D eigenvalue weighted by Gasteiger charge is 2.12. The summed E-state index contributed by atoms with van der Waals surface area (Å²) in [5, 5.41) is 19.5. The Morgan fingerprint density at radius 2 is 2.33 bits per heavy atom. The quantitative estimate of drug-likeness (QED) is 0.385. The molecule has 9 nitrogen and oxygen atoms in total. The standard InChI is InChI=1S/C17H15BrN6O3/c18-12-6-10(17(25)26)9-24-11(8-20-16(12)24)7-19-4-3-14-21-15(23-22-14)13-2-1-5-27-13/h1-2,5-6,8-9,19H,3-4,7H2,(H,25,26)(H,21,22,23). The zero-order valence-corrected chi connectivity index (χ0v) is 15.6. The van der Waals surface area contributed by atoms with Crippen molar-refractivity contribution >= 4 is 27.5 Å². The van der Waals surface area contributed by atoms with Crippen molar-refractivity contribution in [1.82, 2.24) is 29.9 Å². The fraction of sp³-hybridized carbons (Fsp3) is 0.176. The maximum absolute atomic E-state index is 11.2. The number of aromatic nitrogens is 5. The molecule has 0 atom stereocenters. The molecule has 0 unspecified atom stereocenters. The lowest BCUT2D eigenvalue weighted by Crippen LogP contribution is -2.18. The van der Waals surface area contributed by atoms with Crippen molar-refractivity contribution in [3.8, 4) is 11.6 Å². The predicted octanol–water partition coefficient (Wildman–Crippen LogP) is 2.51. The summed E-state index contributed by atoms with van der Waals surface area (Å²) in [4.78, 5) is 20.0. The molecule has 0 saturated carbocycles. The molecule has 0 aliphatic rings. The summed E-state index contributed by atoms with van der Waals surface area (Å²) in [5.74, 6) is 0.921. The van der Waals surface area contributed by atoms with Crippen molar-refractivity contribution in [3.05, 3.63) is 58.4 Å². The van der Waals surface area contributed by atoms with Crippen LogP contribution in [0.15, 0.2) is 45.7 Å². The van der Waals surface area contributed by atoms with Crippen LogP contribution >= 0.6 is 15.9 Å². The van der Waals surface area contributed by atoms with Gasteiger partial charge >= 0.3 is 5.97 Å². The second-order valence-corrected chi connectivity index (χ2v) is 6.69. The number of imidazole rings is 1. The summed E-state index contributed by atoms with van der Waals surface area (Å²) < 4.78 is 7.68. The van der Waals surface area contributed by atoms with E-state index in [0.717, 1.165) is 11.5 Å². The Morgan fingerprint density at radius 1 is 1.44 bits per heavy atom. The summed E-state index contributed by atoms with van der Waals surface area (Å²) in [5.41, 5.74) is 1.73. The summed E-state index contributed by atoms with van der Waals surface area (Å²) in [6.07, 6.45) is 5.53. The second-order valence-electron chi connectivity index (χ2n) is 5.83. The number of fused-ring (bicyclic) bond motifs is 1. The van der Waals surface area contributed by atoms with E-state index in [4.69, 9.17) is 4.42 Å². The molecule has 4 rings (SSSR count). The van der Waals surface area contributed by atoms with Crippen LogP contribution in [-0.4, -0.2) is 42.2 Å². The average Bonchev–Trinajstić information content (AvgIpc) is 3.39. The number of carboxylic acid groups (broad SMARTS) is 1. The molecular weight excluding hydrogens is 416 g/mol. The van der Waals surface area contributed by atoms with Crippen molar-refractivity contribution in [2.45, 2.75) is 13.0 Å². The van der Waals surface area contributed by atoms with Gasteiger partial charge in [-0.25, -0.2) is 14.8 Å². The van der Waals surface area contributed by atoms with Gasteiger partial charge in [-0.3, -0.25) is 5.10 Å². The Hall–Kier alpha value is -2.98. The SMILES string of the molecule is O=C(O)c1cc(Br)c2ncc(CNCCc3nc(-c4ccco4)n[nH]3)n2c1. The molecule has 27 heavy (non-hydrogen) atoms. The summed E-state index contributed by atoms with van der Waals surface area (Å²) in [7, 11) is 0. The molecule has 0 aromatic carbocycles. The fourth-order valence-corrected chi connectivity index (χ4v) is 3.23. The highest BCUT2D eigenvalue weighted by molar-refractivity contribution is 9.10. The minimum atomic E-state index is -0.983. The first-order valence-corrected chi connectivity index (χ1v) is 8.96. The third-order valence-corrected chi connectivity index (χ3v) is 4.59. The number of pyridine rings is 1. The predicted molar refractivity (Wildman–Crippen MR) is 99.3 cm³/mol. The van der Waals surface area contributed by atoms with E-state index in [1.54, 1.807) is 41.3 Å². The van der Waals surface area contributed by atoms with Crippen LogP contribution in [0.1, 0.15) is 21.9 Å². The smallest absolute Gasteiger partial charge is 0.337 e. The van der Waals surface area contributed by atoms with Gasteiger partial charge < -0.3 is 19.2 Å². The summed E-state index contributed by atoms with van der Waals surface area (Å²) in [6.45, 7) is 1.20. The number of aromatic amines is 1. The number of nitrogens with zero attached hydrogens (tertiary/aromatic N) is 4. The molecule has 0 aliphatic heterocycles. The molecule has 4 aromatic heterocycles. The molecule has 0 aliphatic carbocycles. The zero-order chi connectivity index (χ0) is 18.8. The van der Waals surface area contributed by atoms with E-state index in [-0.39, 0.29) is 5.56 Å². The molecule has 138 valence electrons. The molecule has 0 radical (unpaired) electrons. The Bertz CT molecular complexity index is 1090. The Morgan fingerprint density at radius 3 is 3.11 bits per heavy atom. The van der Waals surface area contributed by atoms with E-state index >= 15 is 0 Å². The molecule has 4 aromatic rings. The van der Waals surface area contributed by atoms with Gasteiger partial charge in [0.1, 0.15) is 5.82 Å². The highest BCUT2D eigenvalue weighted by atomic mass is 79.9. The van der Waals surface area contributed by atoms with Crippen LogP contribution in [0.2, 0.25) is 0 Å². The van der Waals surface area contributed by atoms with Crippen LogP contribution in [-0.2, 0) is 13.0 Å². The van der Waals surface area contributed by atoms with Gasteiger partial charge in [0.05, 0.1) is 28.2 Å². The first-order chi connectivity index (χ1) is 13.1. The number of halogens is 1. The molecule has 0 spiro atoms. The van der Waals surface area contributed by atoms with Gasteiger partial charge in [0.25, 0.3) is 0 Å². The monoisotopic (exact) mass is 430 g/mol. The van der Waals surface area contributed by atoms with Gasteiger partial charge in [0.2, 0.25) is 5.82 Å². The number of H-pyrrole nitrogens is 1. The minimum absolute atomic E-state index is 0.195. The van der Waals surface area contributed by atoms with E-state index in [1.807, 2.05) is 0 Å². The third kappa shape index (κ3) is 3.62. The van der Waals surface area contributed by atoms with E-state index in [9.17, 15) is 9.90 Å².